The first-order valence-electron chi connectivity index (χ1n) is 9.84. The van der Waals surface area contributed by atoms with Gasteiger partial charge in [-0.3, -0.25) is 4.79 Å². The average molecular weight is 379 g/mol. The maximum atomic E-state index is 13.2. The zero-order valence-electron chi connectivity index (χ0n) is 16.0. The van der Waals surface area contributed by atoms with Crippen LogP contribution < -0.4 is 5.32 Å². The summed E-state index contributed by atoms with van der Waals surface area (Å²) >= 11 is 0. The van der Waals surface area contributed by atoms with Crippen molar-refractivity contribution in [2.45, 2.75) is 32.0 Å². The van der Waals surface area contributed by atoms with E-state index in [0.29, 0.717) is 19.7 Å². The topological polar surface area (TPSA) is 61.9 Å². The summed E-state index contributed by atoms with van der Waals surface area (Å²) in [5.74, 6) is 0.0543. The van der Waals surface area contributed by atoms with E-state index in [-0.39, 0.29) is 24.2 Å². The van der Waals surface area contributed by atoms with Crippen LogP contribution in [0.15, 0.2) is 54.6 Å². The Labute approximate surface area is 165 Å². The van der Waals surface area contributed by atoms with Gasteiger partial charge >= 0.3 is 6.09 Å². The van der Waals surface area contributed by atoms with Gasteiger partial charge in [0.25, 0.3) is 5.91 Å². The molecule has 2 heterocycles. The molecule has 2 aliphatic heterocycles. The molecule has 1 N–H and O–H groups in total. The largest absolute Gasteiger partial charge is 0.450 e. The molecule has 28 heavy (non-hydrogen) atoms. The highest BCUT2D eigenvalue weighted by atomic mass is 16.6. The molecule has 2 aliphatic rings. The molecule has 1 atom stereocenters. The van der Waals surface area contributed by atoms with E-state index in [9.17, 15) is 9.59 Å². The fourth-order valence-electron chi connectivity index (χ4n) is 4.09. The number of likely N-dealkylation sites (tertiary alicyclic amines) is 1. The molecule has 0 saturated carbocycles. The molecule has 0 spiro atoms. The van der Waals surface area contributed by atoms with Crippen molar-refractivity contribution >= 4 is 17.7 Å². The van der Waals surface area contributed by atoms with Crippen LogP contribution in [-0.4, -0.2) is 47.5 Å². The van der Waals surface area contributed by atoms with Gasteiger partial charge in [-0.2, -0.15) is 0 Å². The molecule has 2 amide bonds. The summed E-state index contributed by atoms with van der Waals surface area (Å²) in [6, 6.07) is 17.8. The van der Waals surface area contributed by atoms with Crippen molar-refractivity contribution < 1.29 is 14.3 Å². The van der Waals surface area contributed by atoms with Gasteiger partial charge in [-0.05, 0) is 38.0 Å². The molecule has 0 aromatic heterocycles. The number of carbonyl (C=O) groups excluding carboxylic acids is 2. The zero-order chi connectivity index (χ0) is 19.5. The lowest BCUT2D eigenvalue weighted by Crippen LogP contribution is -2.49. The van der Waals surface area contributed by atoms with Crippen molar-refractivity contribution in [3.63, 3.8) is 0 Å². The van der Waals surface area contributed by atoms with Gasteiger partial charge in [0, 0.05) is 35.9 Å². The Bertz CT molecular complexity index is 847. The predicted molar refractivity (Wildman–Crippen MR) is 107 cm³/mol. The van der Waals surface area contributed by atoms with Crippen molar-refractivity contribution in [3.05, 3.63) is 65.7 Å². The Kier molecular flexibility index (Phi) is 5.19. The number of nitrogens with zero attached hydrogens (tertiary/aromatic N) is 2. The molecular formula is C22H25N3O3. The highest BCUT2D eigenvalue weighted by Gasteiger charge is 2.42. The molecule has 0 bridgehead atoms. The molecule has 4 rings (SSSR count). The van der Waals surface area contributed by atoms with Crippen LogP contribution in [-0.2, 0) is 4.74 Å². The Morgan fingerprint density at radius 2 is 1.75 bits per heavy atom. The Morgan fingerprint density at radius 1 is 1.07 bits per heavy atom. The van der Waals surface area contributed by atoms with Crippen LogP contribution in [0.2, 0.25) is 0 Å². The van der Waals surface area contributed by atoms with Crippen molar-refractivity contribution in [2.75, 3.05) is 25.0 Å². The van der Waals surface area contributed by atoms with Gasteiger partial charge in [0.15, 0.2) is 0 Å². The molecular weight excluding hydrogens is 354 g/mol. The van der Waals surface area contributed by atoms with E-state index in [2.05, 4.69) is 5.32 Å². The highest BCUT2D eigenvalue weighted by Crippen LogP contribution is 2.38. The fraction of sp³-hybridized carbons (Fsp3) is 0.364. The maximum Gasteiger partial charge on any atom is 0.409 e. The second-order valence-electron chi connectivity index (χ2n) is 7.13. The summed E-state index contributed by atoms with van der Waals surface area (Å²) in [4.78, 5) is 28.9. The summed E-state index contributed by atoms with van der Waals surface area (Å²) in [5, 5.41) is 3.53. The first-order valence-corrected chi connectivity index (χ1v) is 9.84. The second kappa shape index (κ2) is 7.92. The van der Waals surface area contributed by atoms with Gasteiger partial charge in [-0.25, -0.2) is 4.79 Å². The van der Waals surface area contributed by atoms with Crippen molar-refractivity contribution in [1.82, 2.24) is 9.80 Å². The summed E-state index contributed by atoms with van der Waals surface area (Å²) in [7, 11) is 0. The number of benzene rings is 2. The SMILES string of the molecule is CCOC(=O)N1CCC(N2C(=O)c3ccccc3C2Nc2ccccc2)CC1. The second-order valence-corrected chi connectivity index (χ2v) is 7.13. The number of para-hydroxylation sites is 1. The quantitative estimate of drug-likeness (QED) is 0.876. The molecule has 0 aliphatic carbocycles. The number of amides is 2. The highest BCUT2D eigenvalue weighted by molar-refractivity contribution is 5.99. The molecule has 2 aromatic rings. The van der Waals surface area contributed by atoms with E-state index in [1.807, 2.05) is 66.4 Å². The first-order chi connectivity index (χ1) is 13.7. The van der Waals surface area contributed by atoms with Gasteiger partial charge in [-0.15, -0.1) is 0 Å². The molecule has 1 saturated heterocycles. The van der Waals surface area contributed by atoms with Gasteiger partial charge < -0.3 is 19.9 Å². The lowest BCUT2D eigenvalue weighted by Gasteiger charge is -2.39. The number of ether oxygens (including phenoxy) is 1. The Morgan fingerprint density at radius 3 is 2.46 bits per heavy atom. The van der Waals surface area contributed by atoms with E-state index < -0.39 is 0 Å². The number of hydrogen-bond acceptors (Lipinski definition) is 4. The predicted octanol–water partition coefficient (Wildman–Crippen LogP) is 3.87. The van der Waals surface area contributed by atoms with Crippen LogP contribution in [0.1, 0.15) is 41.9 Å². The molecule has 6 nitrogen and oxygen atoms in total. The fourth-order valence-corrected chi connectivity index (χ4v) is 4.09. The first kappa shape index (κ1) is 18.3. The minimum Gasteiger partial charge on any atom is -0.450 e. The monoisotopic (exact) mass is 379 g/mol. The third-order valence-electron chi connectivity index (χ3n) is 5.46. The van der Waals surface area contributed by atoms with Crippen LogP contribution in [0.25, 0.3) is 0 Å². The average Bonchev–Trinajstić information content (AvgIpc) is 3.01. The minimum atomic E-state index is -0.268. The summed E-state index contributed by atoms with van der Waals surface area (Å²) < 4.78 is 5.11. The Balaban J connectivity index is 1.55. The number of hydrogen-bond donors (Lipinski definition) is 1. The van der Waals surface area contributed by atoms with E-state index in [0.717, 1.165) is 29.7 Å². The Hall–Kier alpha value is -3.02. The van der Waals surface area contributed by atoms with Crippen LogP contribution in [0.4, 0.5) is 10.5 Å². The normalized spacial score (nSPS) is 19.5. The van der Waals surface area contributed by atoms with Gasteiger partial charge in [0.1, 0.15) is 6.17 Å². The van der Waals surface area contributed by atoms with Crippen molar-refractivity contribution in [2.24, 2.45) is 0 Å². The maximum absolute atomic E-state index is 13.2. The number of anilines is 1. The summed E-state index contributed by atoms with van der Waals surface area (Å²) in [6.07, 6.45) is 1.01. The third-order valence-corrected chi connectivity index (χ3v) is 5.46. The van der Waals surface area contributed by atoms with Crippen LogP contribution in [0.3, 0.4) is 0 Å². The van der Waals surface area contributed by atoms with Crippen molar-refractivity contribution in [1.29, 1.82) is 0 Å². The summed E-state index contributed by atoms with van der Waals surface area (Å²) in [6.45, 7) is 3.38. The van der Waals surface area contributed by atoms with Gasteiger partial charge in [-0.1, -0.05) is 36.4 Å². The number of piperidine rings is 1. The lowest BCUT2D eigenvalue weighted by atomic mass is 10.0. The van der Waals surface area contributed by atoms with E-state index in [1.165, 1.54) is 0 Å². The van der Waals surface area contributed by atoms with E-state index >= 15 is 0 Å². The van der Waals surface area contributed by atoms with Crippen LogP contribution >= 0.6 is 0 Å². The summed E-state index contributed by atoms with van der Waals surface area (Å²) in [5.41, 5.74) is 2.74. The number of nitrogens with one attached hydrogen (secondary N) is 1. The number of rotatable bonds is 4. The number of carbonyl (C=O) groups is 2. The molecule has 0 radical (unpaired) electrons. The van der Waals surface area contributed by atoms with Crippen molar-refractivity contribution in [3.8, 4) is 0 Å². The molecule has 6 heteroatoms. The van der Waals surface area contributed by atoms with Gasteiger partial charge in [0.05, 0.1) is 6.61 Å². The third kappa shape index (κ3) is 3.42. The lowest BCUT2D eigenvalue weighted by molar-refractivity contribution is 0.0496. The van der Waals surface area contributed by atoms with Crippen LogP contribution in [0, 0.1) is 0 Å². The van der Waals surface area contributed by atoms with Crippen LogP contribution in [0.5, 0.6) is 0 Å². The smallest absolute Gasteiger partial charge is 0.409 e. The standard InChI is InChI=1S/C22H25N3O3/c1-2-28-22(27)24-14-12-17(13-15-24)25-20(23-16-8-4-3-5-9-16)18-10-6-7-11-19(18)21(25)26/h3-11,17,20,23H,2,12-15H2,1H3. The van der Waals surface area contributed by atoms with E-state index in [1.54, 1.807) is 4.90 Å². The molecule has 2 aromatic carbocycles. The minimum absolute atomic E-state index is 0.0543. The molecule has 1 fully saturated rings. The number of fused-ring (bicyclic) bond motifs is 1. The zero-order valence-corrected chi connectivity index (χ0v) is 16.0. The van der Waals surface area contributed by atoms with Gasteiger partial charge in [0.2, 0.25) is 0 Å². The molecule has 1 unspecified atom stereocenters. The van der Waals surface area contributed by atoms with E-state index in [4.69, 9.17) is 4.74 Å². The molecule has 146 valence electrons.